The molecule has 1 N–H and O–H groups in total. The zero-order chi connectivity index (χ0) is 11.8. The zero-order valence-corrected chi connectivity index (χ0v) is 9.69. The van der Waals surface area contributed by atoms with Crippen molar-refractivity contribution in [2.24, 2.45) is 5.41 Å². The first kappa shape index (κ1) is 10.7. The summed E-state index contributed by atoms with van der Waals surface area (Å²) in [6, 6.07) is 3.74. The molecule has 0 aliphatic rings. The highest BCUT2D eigenvalue weighted by Gasteiger charge is 2.21. The van der Waals surface area contributed by atoms with Crippen LogP contribution < -0.4 is 5.32 Å². The van der Waals surface area contributed by atoms with E-state index in [0.29, 0.717) is 0 Å². The van der Waals surface area contributed by atoms with Crippen molar-refractivity contribution in [3.8, 4) is 0 Å². The third kappa shape index (κ3) is 1.91. The second-order valence-corrected chi connectivity index (χ2v) is 4.78. The molecule has 0 aliphatic heterocycles. The predicted octanol–water partition coefficient (Wildman–Crippen LogP) is 2.32. The molecule has 4 nitrogen and oxygen atoms in total. The zero-order valence-electron chi connectivity index (χ0n) is 9.69. The summed E-state index contributed by atoms with van der Waals surface area (Å²) in [6.45, 7) is 5.65. The molecular formula is C12H15N3O. The lowest BCUT2D eigenvalue weighted by Gasteiger charge is -2.17. The fraction of sp³-hybridized carbons (Fsp3) is 0.333. The van der Waals surface area contributed by atoms with E-state index in [-0.39, 0.29) is 5.91 Å². The molecule has 84 valence electrons. The molecule has 0 saturated carbocycles. The minimum Gasteiger partial charge on any atom is -0.322 e. The fourth-order valence-electron chi connectivity index (χ4n) is 1.36. The van der Waals surface area contributed by atoms with Crippen molar-refractivity contribution in [3.63, 3.8) is 0 Å². The van der Waals surface area contributed by atoms with Gasteiger partial charge in [0.2, 0.25) is 5.91 Å². The van der Waals surface area contributed by atoms with Crippen LogP contribution in [0, 0.1) is 5.41 Å². The number of carbonyl (C=O) groups excluding carboxylic acids is 1. The molecular weight excluding hydrogens is 202 g/mol. The Kier molecular flexibility index (Phi) is 2.42. The number of rotatable bonds is 1. The third-order valence-electron chi connectivity index (χ3n) is 2.35. The van der Waals surface area contributed by atoms with E-state index in [9.17, 15) is 4.79 Å². The van der Waals surface area contributed by atoms with E-state index in [1.807, 2.05) is 49.7 Å². The number of nitrogens with one attached hydrogen (secondary N) is 1. The molecule has 1 amide bonds. The molecule has 0 unspecified atom stereocenters. The number of nitrogens with zero attached hydrogens (tertiary/aromatic N) is 2. The molecule has 2 heterocycles. The van der Waals surface area contributed by atoms with Crippen LogP contribution in [0.25, 0.3) is 5.65 Å². The number of amides is 1. The molecule has 0 spiro atoms. The standard InChI is InChI=1S/C12H15N3O/c1-12(2,3)11(16)14-9-5-4-7-15-8-6-13-10(9)15/h4-8H,1-3H3,(H,14,16). The van der Waals surface area contributed by atoms with Crippen molar-refractivity contribution in [2.45, 2.75) is 20.8 Å². The summed E-state index contributed by atoms with van der Waals surface area (Å²) in [5, 5.41) is 2.89. The smallest absolute Gasteiger partial charge is 0.229 e. The molecule has 2 rings (SSSR count). The number of imidazole rings is 1. The normalized spacial score (nSPS) is 11.7. The number of pyridine rings is 1. The Hall–Kier alpha value is -1.84. The van der Waals surface area contributed by atoms with Crippen molar-refractivity contribution in [2.75, 3.05) is 5.32 Å². The van der Waals surface area contributed by atoms with Crippen LogP contribution in [0.15, 0.2) is 30.7 Å². The second-order valence-electron chi connectivity index (χ2n) is 4.78. The maximum Gasteiger partial charge on any atom is 0.229 e. The maximum absolute atomic E-state index is 11.9. The van der Waals surface area contributed by atoms with Crippen LogP contribution in [0.3, 0.4) is 0 Å². The van der Waals surface area contributed by atoms with Gasteiger partial charge >= 0.3 is 0 Å². The van der Waals surface area contributed by atoms with E-state index in [1.54, 1.807) is 6.20 Å². The number of hydrogen-bond donors (Lipinski definition) is 1. The van der Waals surface area contributed by atoms with Crippen molar-refractivity contribution in [1.82, 2.24) is 9.38 Å². The minimum atomic E-state index is -0.403. The molecule has 0 aromatic carbocycles. The van der Waals surface area contributed by atoms with Gasteiger partial charge in [-0.3, -0.25) is 4.79 Å². The van der Waals surface area contributed by atoms with Gasteiger partial charge in [0.05, 0.1) is 5.69 Å². The number of carbonyl (C=O) groups is 1. The van der Waals surface area contributed by atoms with E-state index in [2.05, 4.69) is 10.3 Å². The van der Waals surface area contributed by atoms with Crippen LogP contribution in [0.4, 0.5) is 5.69 Å². The van der Waals surface area contributed by atoms with Gasteiger partial charge in [0.25, 0.3) is 0 Å². The summed E-state index contributed by atoms with van der Waals surface area (Å²) in [5.41, 5.74) is 1.10. The van der Waals surface area contributed by atoms with E-state index in [1.165, 1.54) is 0 Å². The second kappa shape index (κ2) is 3.63. The van der Waals surface area contributed by atoms with Crippen LogP contribution in [0.1, 0.15) is 20.8 Å². The first-order chi connectivity index (χ1) is 7.48. The highest BCUT2D eigenvalue weighted by molar-refractivity contribution is 5.97. The highest BCUT2D eigenvalue weighted by atomic mass is 16.2. The van der Waals surface area contributed by atoms with E-state index < -0.39 is 5.41 Å². The van der Waals surface area contributed by atoms with Gasteiger partial charge in [-0.15, -0.1) is 0 Å². The van der Waals surface area contributed by atoms with Crippen molar-refractivity contribution in [3.05, 3.63) is 30.7 Å². The Morgan fingerprint density at radius 2 is 2.12 bits per heavy atom. The van der Waals surface area contributed by atoms with E-state index in [0.717, 1.165) is 11.3 Å². The topological polar surface area (TPSA) is 46.4 Å². The van der Waals surface area contributed by atoms with Crippen LogP contribution in [0.5, 0.6) is 0 Å². The fourth-order valence-corrected chi connectivity index (χ4v) is 1.36. The molecule has 4 heteroatoms. The average molecular weight is 217 g/mol. The van der Waals surface area contributed by atoms with Crippen LogP contribution in [-0.4, -0.2) is 15.3 Å². The molecule has 0 radical (unpaired) electrons. The molecule has 16 heavy (non-hydrogen) atoms. The maximum atomic E-state index is 11.9. The SMILES string of the molecule is CC(C)(C)C(=O)Nc1cccn2ccnc12. The van der Waals surface area contributed by atoms with Crippen molar-refractivity contribution in [1.29, 1.82) is 0 Å². The number of fused-ring (bicyclic) bond motifs is 1. The Morgan fingerprint density at radius 3 is 2.81 bits per heavy atom. The first-order valence-corrected chi connectivity index (χ1v) is 5.21. The predicted molar refractivity (Wildman–Crippen MR) is 63.3 cm³/mol. The quantitative estimate of drug-likeness (QED) is 0.796. The molecule has 2 aromatic rings. The Labute approximate surface area is 94.3 Å². The van der Waals surface area contributed by atoms with Gasteiger partial charge in [0.1, 0.15) is 0 Å². The number of anilines is 1. The van der Waals surface area contributed by atoms with Gasteiger partial charge < -0.3 is 9.72 Å². The largest absolute Gasteiger partial charge is 0.322 e. The minimum absolute atomic E-state index is 0.0106. The Morgan fingerprint density at radius 1 is 1.38 bits per heavy atom. The third-order valence-corrected chi connectivity index (χ3v) is 2.35. The molecule has 0 atom stereocenters. The van der Waals surface area contributed by atoms with Crippen LogP contribution in [0.2, 0.25) is 0 Å². The van der Waals surface area contributed by atoms with E-state index >= 15 is 0 Å². The first-order valence-electron chi connectivity index (χ1n) is 5.21. The Bertz CT molecular complexity index is 522. The van der Waals surface area contributed by atoms with Crippen LogP contribution >= 0.6 is 0 Å². The van der Waals surface area contributed by atoms with Gasteiger partial charge in [0.15, 0.2) is 5.65 Å². The van der Waals surface area contributed by atoms with Gasteiger partial charge in [-0.05, 0) is 12.1 Å². The summed E-state index contributed by atoms with van der Waals surface area (Å²) >= 11 is 0. The van der Waals surface area contributed by atoms with Crippen LogP contribution in [-0.2, 0) is 4.79 Å². The lowest BCUT2D eigenvalue weighted by molar-refractivity contribution is -0.123. The summed E-state index contributed by atoms with van der Waals surface area (Å²) in [4.78, 5) is 16.1. The molecule has 0 aliphatic carbocycles. The summed E-state index contributed by atoms with van der Waals surface area (Å²) in [7, 11) is 0. The number of aromatic nitrogens is 2. The van der Waals surface area contributed by atoms with Gasteiger partial charge in [0, 0.05) is 24.0 Å². The highest BCUT2D eigenvalue weighted by Crippen LogP contribution is 2.19. The monoisotopic (exact) mass is 217 g/mol. The summed E-state index contributed by atoms with van der Waals surface area (Å²) < 4.78 is 1.87. The lowest BCUT2D eigenvalue weighted by Crippen LogP contribution is -2.27. The van der Waals surface area contributed by atoms with E-state index in [4.69, 9.17) is 0 Å². The number of hydrogen-bond acceptors (Lipinski definition) is 2. The van der Waals surface area contributed by atoms with Gasteiger partial charge in [-0.1, -0.05) is 20.8 Å². The Balaban J connectivity index is 2.35. The van der Waals surface area contributed by atoms with Crippen molar-refractivity contribution < 1.29 is 4.79 Å². The molecule has 0 saturated heterocycles. The summed E-state index contributed by atoms with van der Waals surface area (Å²) in [5.74, 6) is -0.0106. The average Bonchev–Trinajstić information content (AvgIpc) is 2.65. The van der Waals surface area contributed by atoms with Gasteiger partial charge in [-0.25, -0.2) is 4.98 Å². The molecule has 2 aromatic heterocycles. The summed E-state index contributed by atoms with van der Waals surface area (Å²) in [6.07, 6.45) is 5.46. The molecule has 0 fully saturated rings. The lowest BCUT2D eigenvalue weighted by atomic mass is 9.95. The van der Waals surface area contributed by atoms with Crippen molar-refractivity contribution >= 4 is 17.2 Å². The molecule has 0 bridgehead atoms. The van der Waals surface area contributed by atoms with Gasteiger partial charge in [-0.2, -0.15) is 0 Å².